The Kier molecular flexibility index (Phi) is 5.81. The SMILES string of the molecule is CCCOc1cc(Br)cc(C(=O)OCc2ccccc2)c1. The van der Waals surface area contributed by atoms with Crippen LogP contribution in [0, 0.1) is 0 Å². The summed E-state index contributed by atoms with van der Waals surface area (Å²) in [5.41, 5.74) is 1.44. The first kappa shape index (κ1) is 15.6. The predicted molar refractivity (Wildman–Crippen MR) is 85.5 cm³/mol. The molecule has 0 saturated carbocycles. The molecule has 2 aromatic carbocycles. The molecular formula is C17H17BrO3. The highest BCUT2D eigenvalue weighted by molar-refractivity contribution is 9.10. The Morgan fingerprint density at radius 1 is 1.14 bits per heavy atom. The lowest BCUT2D eigenvalue weighted by Crippen LogP contribution is -2.06. The van der Waals surface area contributed by atoms with Crippen molar-refractivity contribution >= 4 is 21.9 Å². The fraction of sp³-hybridized carbons (Fsp3) is 0.235. The second-order valence-corrected chi connectivity index (χ2v) is 5.50. The van der Waals surface area contributed by atoms with Gasteiger partial charge in [0, 0.05) is 4.47 Å². The third-order valence-electron chi connectivity index (χ3n) is 2.79. The van der Waals surface area contributed by atoms with Crippen LogP contribution in [0.1, 0.15) is 29.3 Å². The Balaban J connectivity index is 2.03. The van der Waals surface area contributed by atoms with Crippen molar-refractivity contribution in [2.24, 2.45) is 0 Å². The highest BCUT2D eigenvalue weighted by atomic mass is 79.9. The third kappa shape index (κ3) is 4.90. The largest absolute Gasteiger partial charge is 0.494 e. The number of hydrogen-bond acceptors (Lipinski definition) is 3. The highest BCUT2D eigenvalue weighted by Crippen LogP contribution is 2.22. The monoisotopic (exact) mass is 348 g/mol. The Hall–Kier alpha value is -1.81. The van der Waals surface area contributed by atoms with Crippen LogP contribution in [0.2, 0.25) is 0 Å². The maximum Gasteiger partial charge on any atom is 0.338 e. The predicted octanol–water partition coefficient (Wildman–Crippen LogP) is 4.59. The van der Waals surface area contributed by atoms with Gasteiger partial charge in [-0.2, -0.15) is 0 Å². The van der Waals surface area contributed by atoms with E-state index < -0.39 is 0 Å². The number of rotatable bonds is 6. The van der Waals surface area contributed by atoms with Crippen LogP contribution in [0.3, 0.4) is 0 Å². The van der Waals surface area contributed by atoms with Crippen LogP contribution in [0.15, 0.2) is 53.0 Å². The average Bonchev–Trinajstić information content (AvgIpc) is 2.51. The Morgan fingerprint density at radius 2 is 1.90 bits per heavy atom. The fourth-order valence-electron chi connectivity index (χ4n) is 1.79. The molecule has 3 nitrogen and oxygen atoms in total. The number of benzene rings is 2. The van der Waals surface area contributed by atoms with Gasteiger partial charge in [0.15, 0.2) is 0 Å². The minimum Gasteiger partial charge on any atom is -0.494 e. The van der Waals surface area contributed by atoms with Gasteiger partial charge in [-0.25, -0.2) is 4.79 Å². The minimum atomic E-state index is -0.360. The minimum absolute atomic E-state index is 0.261. The smallest absolute Gasteiger partial charge is 0.338 e. The zero-order chi connectivity index (χ0) is 15.1. The van der Waals surface area contributed by atoms with Crippen LogP contribution in [0.25, 0.3) is 0 Å². The van der Waals surface area contributed by atoms with E-state index >= 15 is 0 Å². The van der Waals surface area contributed by atoms with Crippen LogP contribution in [-0.2, 0) is 11.3 Å². The van der Waals surface area contributed by atoms with E-state index in [1.807, 2.05) is 43.3 Å². The molecule has 0 radical (unpaired) electrons. The second kappa shape index (κ2) is 7.84. The van der Waals surface area contributed by atoms with Gasteiger partial charge in [-0.1, -0.05) is 53.2 Å². The molecule has 21 heavy (non-hydrogen) atoms. The van der Waals surface area contributed by atoms with Crippen LogP contribution in [0.4, 0.5) is 0 Å². The van der Waals surface area contributed by atoms with Gasteiger partial charge in [0.1, 0.15) is 12.4 Å². The van der Waals surface area contributed by atoms with Crippen molar-refractivity contribution in [1.29, 1.82) is 0 Å². The van der Waals surface area contributed by atoms with E-state index in [2.05, 4.69) is 15.9 Å². The van der Waals surface area contributed by atoms with E-state index in [-0.39, 0.29) is 12.6 Å². The molecule has 0 atom stereocenters. The molecule has 0 saturated heterocycles. The summed E-state index contributed by atoms with van der Waals surface area (Å²) in [6.45, 7) is 2.92. The van der Waals surface area contributed by atoms with Crippen molar-refractivity contribution in [3.63, 3.8) is 0 Å². The van der Waals surface area contributed by atoms with Crippen molar-refractivity contribution in [2.45, 2.75) is 20.0 Å². The molecule has 2 rings (SSSR count). The van der Waals surface area contributed by atoms with Crippen molar-refractivity contribution in [2.75, 3.05) is 6.61 Å². The third-order valence-corrected chi connectivity index (χ3v) is 3.25. The number of esters is 1. The van der Waals surface area contributed by atoms with E-state index in [0.29, 0.717) is 17.9 Å². The van der Waals surface area contributed by atoms with E-state index in [1.54, 1.807) is 12.1 Å². The summed E-state index contributed by atoms with van der Waals surface area (Å²) in [6, 6.07) is 14.9. The summed E-state index contributed by atoms with van der Waals surface area (Å²) < 4.78 is 11.7. The topological polar surface area (TPSA) is 35.5 Å². The number of hydrogen-bond donors (Lipinski definition) is 0. The van der Waals surface area contributed by atoms with Gasteiger partial charge in [-0.3, -0.25) is 0 Å². The molecule has 0 aliphatic carbocycles. The summed E-state index contributed by atoms with van der Waals surface area (Å²) in [5.74, 6) is 0.305. The van der Waals surface area contributed by atoms with Crippen LogP contribution in [-0.4, -0.2) is 12.6 Å². The molecule has 0 unspecified atom stereocenters. The molecule has 0 spiro atoms. The molecule has 0 N–H and O–H groups in total. The fourth-order valence-corrected chi connectivity index (χ4v) is 2.26. The summed E-state index contributed by atoms with van der Waals surface area (Å²) >= 11 is 3.38. The van der Waals surface area contributed by atoms with Gasteiger partial charge in [-0.15, -0.1) is 0 Å². The van der Waals surface area contributed by atoms with Gasteiger partial charge in [0.25, 0.3) is 0 Å². The van der Waals surface area contributed by atoms with Gasteiger partial charge in [-0.05, 0) is 30.2 Å². The van der Waals surface area contributed by atoms with Gasteiger partial charge in [0.05, 0.1) is 12.2 Å². The zero-order valence-electron chi connectivity index (χ0n) is 11.8. The summed E-state index contributed by atoms with van der Waals surface area (Å²) in [5, 5.41) is 0. The van der Waals surface area contributed by atoms with Crippen molar-refractivity contribution in [3.05, 3.63) is 64.1 Å². The number of ether oxygens (including phenoxy) is 2. The summed E-state index contributed by atoms with van der Waals surface area (Å²) in [6.07, 6.45) is 0.917. The molecule has 0 aliphatic rings. The average molecular weight is 349 g/mol. The summed E-state index contributed by atoms with van der Waals surface area (Å²) in [7, 11) is 0. The van der Waals surface area contributed by atoms with Crippen molar-refractivity contribution in [1.82, 2.24) is 0 Å². The zero-order valence-corrected chi connectivity index (χ0v) is 13.4. The number of carbonyl (C=O) groups excluding carboxylic acids is 1. The lowest BCUT2D eigenvalue weighted by molar-refractivity contribution is 0.0472. The van der Waals surface area contributed by atoms with E-state index in [0.717, 1.165) is 16.5 Å². The second-order valence-electron chi connectivity index (χ2n) is 4.59. The van der Waals surface area contributed by atoms with E-state index in [1.165, 1.54) is 0 Å². The number of halogens is 1. The van der Waals surface area contributed by atoms with Gasteiger partial charge in [0.2, 0.25) is 0 Å². The van der Waals surface area contributed by atoms with Crippen LogP contribution >= 0.6 is 15.9 Å². The standard InChI is InChI=1S/C17H17BrO3/c1-2-8-20-16-10-14(9-15(18)11-16)17(19)21-12-13-6-4-3-5-7-13/h3-7,9-11H,2,8,12H2,1H3. The maximum absolute atomic E-state index is 12.1. The molecule has 4 heteroatoms. The Morgan fingerprint density at radius 3 is 2.62 bits per heavy atom. The molecule has 110 valence electrons. The molecule has 0 bridgehead atoms. The van der Waals surface area contributed by atoms with E-state index in [9.17, 15) is 4.79 Å². The molecule has 0 heterocycles. The van der Waals surface area contributed by atoms with Crippen molar-refractivity contribution < 1.29 is 14.3 Å². The maximum atomic E-state index is 12.1. The van der Waals surface area contributed by atoms with Gasteiger partial charge < -0.3 is 9.47 Å². The van der Waals surface area contributed by atoms with Crippen molar-refractivity contribution in [3.8, 4) is 5.75 Å². The molecule has 2 aromatic rings. The highest BCUT2D eigenvalue weighted by Gasteiger charge is 2.10. The molecule has 0 fully saturated rings. The molecule has 0 aromatic heterocycles. The number of carbonyl (C=O) groups is 1. The quantitative estimate of drug-likeness (QED) is 0.716. The first-order valence-electron chi connectivity index (χ1n) is 6.83. The Labute approximate surface area is 133 Å². The molecule has 0 amide bonds. The van der Waals surface area contributed by atoms with Crippen LogP contribution < -0.4 is 4.74 Å². The van der Waals surface area contributed by atoms with Gasteiger partial charge >= 0.3 is 5.97 Å². The first-order chi connectivity index (χ1) is 10.2. The van der Waals surface area contributed by atoms with E-state index in [4.69, 9.17) is 9.47 Å². The van der Waals surface area contributed by atoms with Crippen LogP contribution in [0.5, 0.6) is 5.75 Å². The lowest BCUT2D eigenvalue weighted by atomic mass is 10.2. The Bertz CT molecular complexity index is 596. The first-order valence-corrected chi connectivity index (χ1v) is 7.63. The normalized spacial score (nSPS) is 10.2. The molecular weight excluding hydrogens is 332 g/mol. The lowest BCUT2D eigenvalue weighted by Gasteiger charge is -2.09. The summed E-state index contributed by atoms with van der Waals surface area (Å²) in [4.78, 5) is 12.1. The molecule has 0 aliphatic heterocycles.